The van der Waals surface area contributed by atoms with Crippen molar-refractivity contribution in [1.82, 2.24) is 4.90 Å². The fourth-order valence-corrected chi connectivity index (χ4v) is 2.57. The molecule has 0 radical (unpaired) electrons. The van der Waals surface area contributed by atoms with E-state index in [1.54, 1.807) is 11.8 Å². The average molecular weight is 290 g/mol. The first-order valence-corrected chi connectivity index (χ1v) is 7.33. The van der Waals surface area contributed by atoms with Gasteiger partial charge in [0.1, 0.15) is 6.54 Å². The summed E-state index contributed by atoms with van der Waals surface area (Å²) in [6, 6.07) is 7.75. The van der Waals surface area contributed by atoms with Gasteiger partial charge in [-0.25, -0.2) is 0 Å². The maximum atomic E-state index is 12.8. The number of hydrogen-bond acceptors (Lipinski definition) is 4. The van der Waals surface area contributed by atoms with Crippen LogP contribution in [-0.2, 0) is 14.3 Å². The molecule has 1 heterocycles. The summed E-state index contributed by atoms with van der Waals surface area (Å²) in [6.45, 7) is 6.48. The lowest BCUT2D eigenvalue weighted by atomic mass is 9.99. The standard InChI is InChI=1S/C16H22N2O3/c1-4-21-15(19)10-18(11(2)3)16(20)13-9-17-14-8-6-5-7-12(13)14/h5-8,11,13,17H,4,9-10H2,1-3H3. The number of carbonyl (C=O) groups excluding carboxylic acids is 2. The normalized spacial score (nSPS) is 16.3. The molecule has 1 atom stereocenters. The summed E-state index contributed by atoms with van der Waals surface area (Å²) < 4.78 is 4.96. The first kappa shape index (κ1) is 15.4. The molecule has 2 rings (SSSR count). The molecule has 0 aromatic heterocycles. The van der Waals surface area contributed by atoms with Crippen LogP contribution in [0, 0.1) is 0 Å². The van der Waals surface area contributed by atoms with Crippen molar-refractivity contribution < 1.29 is 14.3 Å². The Morgan fingerprint density at radius 1 is 1.38 bits per heavy atom. The minimum absolute atomic E-state index is 0.00298. The van der Waals surface area contributed by atoms with Crippen molar-refractivity contribution in [2.75, 3.05) is 25.0 Å². The lowest BCUT2D eigenvalue weighted by molar-refractivity contribution is -0.150. The molecule has 0 aliphatic carbocycles. The van der Waals surface area contributed by atoms with Gasteiger partial charge in [0, 0.05) is 18.3 Å². The predicted octanol–water partition coefficient (Wildman–Crippen LogP) is 2.00. The number of ether oxygens (including phenoxy) is 1. The Bertz CT molecular complexity index is 528. The molecule has 1 N–H and O–H groups in total. The Labute approximate surface area is 125 Å². The average Bonchev–Trinajstić information content (AvgIpc) is 2.88. The number of anilines is 1. The van der Waals surface area contributed by atoms with E-state index in [-0.39, 0.29) is 30.4 Å². The summed E-state index contributed by atoms with van der Waals surface area (Å²) in [5.74, 6) is -0.632. The van der Waals surface area contributed by atoms with Gasteiger partial charge in [0.05, 0.1) is 12.5 Å². The van der Waals surface area contributed by atoms with Gasteiger partial charge in [0.15, 0.2) is 0 Å². The largest absolute Gasteiger partial charge is 0.465 e. The molecule has 21 heavy (non-hydrogen) atoms. The highest BCUT2D eigenvalue weighted by Gasteiger charge is 2.33. The van der Waals surface area contributed by atoms with Crippen LogP contribution in [0.3, 0.4) is 0 Å². The highest BCUT2D eigenvalue weighted by Crippen LogP contribution is 2.32. The zero-order chi connectivity index (χ0) is 15.4. The van der Waals surface area contributed by atoms with E-state index in [1.807, 2.05) is 38.1 Å². The Hall–Kier alpha value is -2.04. The molecule has 0 bridgehead atoms. The van der Waals surface area contributed by atoms with E-state index in [9.17, 15) is 9.59 Å². The van der Waals surface area contributed by atoms with Crippen LogP contribution in [0.15, 0.2) is 24.3 Å². The third-order valence-electron chi connectivity index (χ3n) is 3.64. The molecule has 0 saturated carbocycles. The third-order valence-corrected chi connectivity index (χ3v) is 3.64. The number of nitrogens with one attached hydrogen (secondary N) is 1. The maximum absolute atomic E-state index is 12.8. The van der Waals surface area contributed by atoms with Crippen LogP contribution < -0.4 is 5.32 Å². The first-order chi connectivity index (χ1) is 10.0. The number of hydrogen-bond donors (Lipinski definition) is 1. The van der Waals surface area contributed by atoms with Gasteiger partial charge in [-0.2, -0.15) is 0 Å². The van der Waals surface area contributed by atoms with Crippen molar-refractivity contribution in [1.29, 1.82) is 0 Å². The number of esters is 1. The molecule has 114 valence electrons. The molecule has 5 heteroatoms. The van der Waals surface area contributed by atoms with Gasteiger partial charge in [-0.3, -0.25) is 9.59 Å². The molecule has 1 aromatic rings. The van der Waals surface area contributed by atoms with Gasteiger partial charge in [-0.1, -0.05) is 18.2 Å². The maximum Gasteiger partial charge on any atom is 0.325 e. The second-order valence-electron chi connectivity index (χ2n) is 5.39. The number of amides is 1. The van der Waals surface area contributed by atoms with Gasteiger partial charge in [-0.05, 0) is 32.4 Å². The van der Waals surface area contributed by atoms with Crippen molar-refractivity contribution >= 4 is 17.6 Å². The zero-order valence-corrected chi connectivity index (χ0v) is 12.8. The number of fused-ring (bicyclic) bond motifs is 1. The monoisotopic (exact) mass is 290 g/mol. The van der Waals surface area contributed by atoms with Crippen LogP contribution in [0.2, 0.25) is 0 Å². The number of carbonyl (C=O) groups is 2. The molecule has 5 nitrogen and oxygen atoms in total. The van der Waals surface area contributed by atoms with Crippen LogP contribution in [-0.4, -0.2) is 42.5 Å². The molecule has 1 amide bonds. The van der Waals surface area contributed by atoms with E-state index in [4.69, 9.17) is 4.74 Å². The third kappa shape index (κ3) is 3.35. The minimum Gasteiger partial charge on any atom is -0.465 e. The van der Waals surface area contributed by atoms with Crippen LogP contribution in [0.1, 0.15) is 32.3 Å². The molecule has 0 spiro atoms. The van der Waals surface area contributed by atoms with Gasteiger partial charge < -0.3 is 15.0 Å². The first-order valence-electron chi connectivity index (χ1n) is 7.33. The molecular weight excluding hydrogens is 268 g/mol. The quantitative estimate of drug-likeness (QED) is 0.843. The molecule has 1 unspecified atom stereocenters. The highest BCUT2D eigenvalue weighted by atomic mass is 16.5. The number of benzene rings is 1. The van der Waals surface area contributed by atoms with Crippen LogP contribution in [0.4, 0.5) is 5.69 Å². The zero-order valence-electron chi connectivity index (χ0n) is 12.8. The van der Waals surface area contributed by atoms with E-state index in [1.165, 1.54) is 0 Å². The van der Waals surface area contributed by atoms with Gasteiger partial charge in [-0.15, -0.1) is 0 Å². The second kappa shape index (κ2) is 6.61. The molecule has 0 saturated heterocycles. The van der Waals surface area contributed by atoms with Crippen LogP contribution in [0.5, 0.6) is 0 Å². The van der Waals surface area contributed by atoms with E-state index >= 15 is 0 Å². The smallest absolute Gasteiger partial charge is 0.325 e. The minimum atomic E-state index is -0.362. The summed E-state index contributed by atoms with van der Waals surface area (Å²) in [4.78, 5) is 26.0. The Balaban J connectivity index is 2.15. The summed E-state index contributed by atoms with van der Waals surface area (Å²) in [5, 5.41) is 3.24. The number of nitrogens with zero attached hydrogens (tertiary/aromatic N) is 1. The Kier molecular flexibility index (Phi) is 4.83. The van der Waals surface area contributed by atoms with Gasteiger partial charge in [0.25, 0.3) is 0 Å². The second-order valence-corrected chi connectivity index (χ2v) is 5.39. The van der Waals surface area contributed by atoms with Crippen molar-refractivity contribution in [3.05, 3.63) is 29.8 Å². The SMILES string of the molecule is CCOC(=O)CN(C(=O)C1CNc2ccccc21)C(C)C. The lowest BCUT2D eigenvalue weighted by Gasteiger charge is -2.28. The van der Waals surface area contributed by atoms with E-state index < -0.39 is 0 Å². The summed E-state index contributed by atoms with van der Waals surface area (Å²) >= 11 is 0. The molecule has 1 aliphatic heterocycles. The molecule has 1 aliphatic rings. The van der Waals surface area contributed by atoms with Crippen LogP contribution in [0.25, 0.3) is 0 Å². The summed E-state index contributed by atoms with van der Waals surface area (Å²) in [5.41, 5.74) is 1.99. The number of rotatable bonds is 5. The van der Waals surface area contributed by atoms with Crippen molar-refractivity contribution in [3.63, 3.8) is 0 Å². The fraction of sp³-hybridized carbons (Fsp3) is 0.500. The predicted molar refractivity (Wildman–Crippen MR) is 81.2 cm³/mol. The van der Waals surface area contributed by atoms with E-state index in [0.717, 1.165) is 11.3 Å². The number of para-hydroxylation sites is 1. The molecule has 1 aromatic carbocycles. The molecule has 0 fully saturated rings. The molecular formula is C16H22N2O3. The Morgan fingerprint density at radius 2 is 2.10 bits per heavy atom. The van der Waals surface area contributed by atoms with Crippen molar-refractivity contribution in [2.24, 2.45) is 0 Å². The van der Waals surface area contributed by atoms with Crippen molar-refractivity contribution in [2.45, 2.75) is 32.7 Å². The van der Waals surface area contributed by atoms with Crippen LogP contribution >= 0.6 is 0 Å². The Morgan fingerprint density at radius 3 is 2.76 bits per heavy atom. The van der Waals surface area contributed by atoms with E-state index in [2.05, 4.69) is 5.32 Å². The van der Waals surface area contributed by atoms with Gasteiger partial charge in [0.2, 0.25) is 5.91 Å². The van der Waals surface area contributed by atoms with Crippen molar-refractivity contribution in [3.8, 4) is 0 Å². The van der Waals surface area contributed by atoms with Gasteiger partial charge >= 0.3 is 5.97 Å². The lowest BCUT2D eigenvalue weighted by Crippen LogP contribution is -2.44. The summed E-state index contributed by atoms with van der Waals surface area (Å²) in [6.07, 6.45) is 0. The fourth-order valence-electron chi connectivity index (χ4n) is 2.57. The van der Waals surface area contributed by atoms with E-state index in [0.29, 0.717) is 13.2 Å². The summed E-state index contributed by atoms with van der Waals surface area (Å²) in [7, 11) is 0. The highest BCUT2D eigenvalue weighted by molar-refractivity contribution is 5.90. The topological polar surface area (TPSA) is 58.6 Å².